The van der Waals surface area contributed by atoms with E-state index in [2.05, 4.69) is 34.9 Å². The Kier molecular flexibility index (Phi) is 5.06. The molecule has 1 aromatic heterocycles. The zero-order valence-electron chi connectivity index (χ0n) is 11.7. The Morgan fingerprint density at radius 1 is 1.30 bits per heavy atom. The first kappa shape index (κ1) is 14.9. The highest BCUT2D eigenvalue weighted by atomic mass is 79.9. The van der Waals surface area contributed by atoms with Crippen LogP contribution in [-0.4, -0.2) is 16.4 Å². The highest BCUT2D eigenvalue weighted by Gasteiger charge is 2.13. The number of hydrogen-bond acceptors (Lipinski definition) is 2. The van der Waals surface area contributed by atoms with Crippen LogP contribution in [0.5, 0.6) is 5.75 Å². The fourth-order valence-corrected chi connectivity index (χ4v) is 2.71. The van der Waals surface area contributed by atoms with Crippen molar-refractivity contribution in [3.05, 3.63) is 50.9 Å². The summed E-state index contributed by atoms with van der Waals surface area (Å²) in [4.78, 5) is 12.0. The van der Waals surface area contributed by atoms with Crippen LogP contribution in [0.15, 0.2) is 39.6 Å². The van der Waals surface area contributed by atoms with Gasteiger partial charge in [0.25, 0.3) is 5.56 Å². The highest BCUT2D eigenvalue weighted by molar-refractivity contribution is 9.10. The van der Waals surface area contributed by atoms with Crippen molar-refractivity contribution in [3.8, 4) is 5.75 Å². The Bertz CT molecular complexity index is 602. The van der Waals surface area contributed by atoms with Crippen molar-refractivity contribution < 1.29 is 4.74 Å². The topological polar surface area (TPSA) is 47.0 Å². The van der Waals surface area contributed by atoms with Gasteiger partial charge in [0.1, 0.15) is 10.2 Å². The number of aryl methyl sites for hydroxylation is 1. The summed E-state index contributed by atoms with van der Waals surface area (Å²) >= 11 is 3.35. The molecule has 0 aliphatic rings. The monoisotopic (exact) mass is 338 g/mol. The number of aromatic amines is 1. The van der Waals surface area contributed by atoms with Crippen molar-refractivity contribution in [1.82, 2.24) is 9.78 Å². The van der Waals surface area contributed by atoms with E-state index in [0.29, 0.717) is 23.5 Å². The molecular formula is C15H19BrN2O2. The van der Waals surface area contributed by atoms with Gasteiger partial charge in [-0.2, -0.15) is 0 Å². The first-order valence-electron chi connectivity index (χ1n) is 6.75. The van der Waals surface area contributed by atoms with Gasteiger partial charge >= 0.3 is 0 Å². The standard InChI is InChI=1S/C15H19BrN2O2/c1-11(2)14-13(16)15(19)18(17-14)9-6-10-20-12-7-4-3-5-8-12/h3-5,7-8,11,17H,6,9-10H2,1-2H3. The first-order chi connectivity index (χ1) is 9.59. The maximum Gasteiger partial charge on any atom is 0.281 e. The van der Waals surface area contributed by atoms with Gasteiger partial charge < -0.3 is 4.74 Å². The fraction of sp³-hybridized carbons (Fsp3) is 0.400. The molecule has 0 saturated heterocycles. The van der Waals surface area contributed by atoms with Gasteiger partial charge in [-0.05, 0) is 34.0 Å². The van der Waals surface area contributed by atoms with Crippen LogP contribution in [0.3, 0.4) is 0 Å². The van der Waals surface area contributed by atoms with E-state index in [0.717, 1.165) is 17.9 Å². The van der Waals surface area contributed by atoms with Gasteiger partial charge in [-0.1, -0.05) is 32.0 Å². The lowest BCUT2D eigenvalue weighted by Gasteiger charge is -2.06. The second-order valence-electron chi connectivity index (χ2n) is 4.97. The van der Waals surface area contributed by atoms with E-state index in [1.165, 1.54) is 0 Å². The van der Waals surface area contributed by atoms with Crippen molar-refractivity contribution in [3.63, 3.8) is 0 Å². The van der Waals surface area contributed by atoms with Crippen LogP contribution in [0.1, 0.15) is 31.9 Å². The smallest absolute Gasteiger partial charge is 0.281 e. The Labute approximate surface area is 126 Å². The number of benzene rings is 1. The maximum atomic E-state index is 12.0. The average Bonchev–Trinajstić information content (AvgIpc) is 2.73. The maximum absolute atomic E-state index is 12.0. The number of nitrogens with one attached hydrogen (secondary N) is 1. The number of H-pyrrole nitrogens is 1. The molecule has 1 heterocycles. The summed E-state index contributed by atoms with van der Waals surface area (Å²) in [5.41, 5.74) is 0.937. The van der Waals surface area contributed by atoms with E-state index >= 15 is 0 Å². The molecule has 0 atom stereocenters. The molecule has 108 valence electrons. The summed E-state index contributed by atoms with van der Waals surface area (Å²) < 4.78 is 7.88. The average molecular weight is 339 g/mol. The fourth-order valence-electron chi connectivity index (χ4n) is 1.95. The van der Waals surface area contributed by atoms with E-state index in [1.54, 1.807) is 4.68 Å². The van der Waals surface area contributed by atoms with Gasteiger partial charge in [0.05, 0.1) is 12.3 Å². The third-order valence-electron chi connectivity index (χ3n) is 3.04. The van der Waals surface area contributed by atoms with Crippen LogP contribution in [0.4, 0.5) is 0 Å². The zero-order chi connectivity index (χ0) is 14.5. The van der Waals surface area contributed by atoms with E-state index < -0.39 is 0 Å². The molecule has 0 bridgehead atoms. The lowest BCUT2D eigenvalue weighted by Crippen LogP contribution is -2.18. The molecule has 1 N–H and O–H groups in total. The number of hydrogen-bond donors (Lipinski definition) is 1. The minimum atomic E-state index is -0.00610. The van der Waals surface area contributed by atoms with E-state index in [9.17, 15) is 4.79 Å². The second-order valence-corrected chi connectivity index (χ2v) is 5.76. The van der Waals surface area contributed by atoms with Crippen LogP contribution in [0.2, 0.25) is 0 Å². The number of nitrogens with zero attached hydrogens (tertiary/aromatic N) is 1. The number of rotatable bonds is 6. The summed E-state index contributed by atoms with van der Waals surface area (Å²) in [5, 5.41) is 3.15. The summed E-state index contributed by atoms with van der Waals surface area (Å²) in [6, 6.07) is 9.69. The molecule has 4 nitrogen and oxygen atoms in total. The van der Waals surface area contributed by atoms with E-state index in [-0.39, 0.29) is 5.56 Å². The zero-order valence-corrected chi connectivity index (χ0v) is 13.3. The molecule has 20 heavy (non-hydrogen) atoms. The van der Waals surface area contributed by atoms with Gasteiger partial charge in [0.2, 0.25) is 0 Å². The SMILES string of the molecule is CC(C)c1[nH]n(CCCOc2ccccc2)c(=O)c1Br. The van der Waals surface area contributed by atoms with Crippen molar-refractivity contribution in [2.24, 2.45) is 0 Å². The molecule has 0 fully saturated rings. The molecule has 0 amide bonds. The predicted molar refractivity (Wildman–Crippen MR) is 83.4 cm³/mol. The van der Waals surface area contributed by atoms with Crippen LogP contribution in [-0.2, 0) is 6.54 Å². The van der Waals surface area contributed by atoms with Gasteiger partial charge in [-0.3, -0.25) is 14.6 Å². The molecule has 1 aromatic carbocycles. The summed E-state index contributed by atoms with van der Waals surface area (Å²) in [7, 11) is 0. The summed E-state index contributed by atoms with van der Waals surface area (Å²) in [6.07, 6.45) is 0.777. The lowest BCUT2D eigenvalue weighted by molar-refractivity contribution is 0.297. The van der Waals surface area contributed by atoms with E-state index in [1.807, 2.05) is 30.3 Å². The predicted octanol–water partition coefficient (Wildman–Crippen LogP) is 3.53. The number of ether oxygens (including phenoxy) is 1. The number of para-hydroxylation sites is 1. The molecule has 0 saturated carbocycles. The van der Waals surface area contributed by atoms with Gasteiger partial charge in [-0.25, -0.2) is 0 Å². The quantitative estimate of drug-likeness (QED) is 0.819. The van der Waals surface area contributed by atoms with Crippen molar-refractivity contribution >= 4 is 15.9 Å². The molecular weight excluding hydrogens is 320 g/mol. The molecule has 0 radical (unpaired) electrons. The van der Waals surface area contributed by atoms with Gasteiger partial charge in [0.15, 0.2) is 0 Å². The third-order valence-corrected chi connectivity index (χ3v) is 3.81. The highest BCUT2D eigenvalue weighted by Crippen LogP contribution is 2.19. The minimum Gasteiger partial charge on any atom is -0.494 e. The van der Waals surface area contributed by atoms with Crippen LogP contribution < -0.4 is 10.3 Å². The Morgan fingerprint density at radius 2 is 2.00 bits per heavy atom. The Balaban J connectivity index is 1.89. The van der Waals surface area contributed by atoms with Crippen LogP contribution in [0, 0.1) is 0 Å². The van der Waals surface area contributed by atoms with Gasteiger partial charge in [-0.15, -0.1) is 0 Å². The summed E-state index contributed by atoms with van der Waals surface area (Å²) in [6.45, 7) is 5.32. The summed E-state index contributed by atoms with van der Waals surface area (Å²) in [5.74, 6) is 1.15. The Morgan fingerprint density at radius 3 is 2.60 bits per heavy atom. The first-order valence-corrected chi connectivity index (χ1v) is 7.55. The largest absolute Gasteiger partial charge is 0.494 e. The molecule has 0 spiro atoms. The van der Waals surface area contributed by atoms with Crippen LogP contribution >= 0.6 is 15.9 Å². The van der Waals surface area contributed by atoms with Crippen molar-refractivity contribution in [2.75, 3.05) is 6.61 Å². The van der Waals surface area contributed by atoms with E-state index in [4.69, 9.17) is 4.74 Å². The molecule has 2 rings (SSSR count). The molecule has 0 aliphatic carbocycles. The van der Waals surface area contributed by atoms with Crippen LogP contribution in [0.25, 0.3) is 0 Å². The van der Waals surface area contributed by atoms with Gasteiger partial charge in [0, 0.05) is 13.0 Å². The molecule has 0 unspecified atom stereocenters. The number of aromatic nitrogens is 2. The molecule has 5 heteroatoms. The molecule has 0 aliphatic heterocycles. The molecule has 2 aromatic rings. The van der Waals surface area contributed by atoms with Crippen molar-refractivity contribution in [2.45, 2.75) is 32.7 Å². The van der Waals surface area contributed by atoms with Crippen molar-refractivity contribution in [1.29, 1.82) is 0 Å². The third kappa shape index (κ3) is 3.54. The minimum absolute atomic E-state index is 0.00610. The normalized spacial score (nSPS) is 11.0. The second kappa shape index (κ2) is 6.79. The lowest BCUT2D eigenvalue weighted by atomic mass is 10.1. The number of halogens is 1. The Hall–Kier alpha value is -1.49.